The fourth-order valence-electron chi connectivity index (χ4n) is 1.69. The number of benzene rings is 1. The summed E-state index contributed by atoms with van der Waals surface area (Å²) in [6.45, 7) is 1.99. The first kappa shape index (κ1) is 14.1. The monoisotopic (exact) mass is 392 g/mol. The smallest absolute Gasteiger partial charge is 0.142 e. The van der Waals surface area contributed by atoms with Gasteiger partial charge in [-0.2, -0.15) is 0 Å². The molecule has 1 atom stereocenters. The highest BCUT2D eigenvalue weighted by atomic mass is 79.9. The van der Waals surface area contributed by atoms with Gasteiger partial charge >= 0.3 is 0 Å². The van der Waals surface area contributed by atoms with Gasteiger partial charge in [0.05, 0.1) is 14.3 Å². The van der Waals surface area contributed by atoms with Gasteiger partial charge in [-0.3, -0.25) is 5.84 Å². The zero-order valence-electron chi connectivity index (χ0n) is 9.51. The Bertz CT molecular complexity index is 552. The fourth-order valence-corrected chi connectivity index (χ4v) is 3.73. The standard InChI is InChI=1S/C12H11Br2FN2S/c1-6-5-9(18-12(6)14)11(17-16)7-3-2-4-8(13)10(7)15/h2-5,11,17H,16H2,1H3. The summed E-state index contributed by atoms with van der Waals surface area (Å²) >= 11 is 8.20. The number of aryl methyl sites for hydroxylation is 1. The number of halogens is 3. The number of hydrogen-bond acceptors (Lipinski definition) is 3. The van der Waals surface area contributed by atoms with Crippen molar-refractivity contribution in [3.8, 4) is 0 Å². The molecule has 0 aliphatic carbocycles. The van der Waals surface area contributed by atoms with E-state index in [1.807, 2.05) is 13.0 Å². The molecule has 18 heavy (non-hydrogen) atoms. The first-order valence-electron chi connectivity index (χ1n) is 5.20. The van der Waals surface area contributed by atoms with E-state index in [2.05, 4.69) is 37.3 Å². The molecule has 0 fully saturated rings. The van der Waals surface area contributed by atoms with Gasteiger partial charge in [0.2, 0.25) is 0 Å². The van der Waals surface area contributed by atoms with Crippen molar-refractivity contribution in [1.29, 1.82) is 0 Å². The van der Waals surface area contributed by atoms with Crippen LogP contribution in [-0.2, 0) is 0 Å². The van der Waals surface area contributed by atoms with Crippen LogP contribution in [0.4, 0.5) is 4.39 Å². The van der Waals surface area contributed by atoms with E-state index in [4.69, 9.17) is 5.84 Å². The van der Waals surface area contributed by atoms with Gasteiger partial charge in [0.15, 0.2) is 0 Å². The van der Waals surface area contributed by atoms with Crippen molar-refractivity contribution < 1.29 is 4.39 Å². The normalized spacial score (nSPS) is 12.7. The number of hydrazine groups is 1. The van der Waals surface area contributed by atoms with Crippen molar-refractivity contribution in [3.05, 3.63) is 54.3 Å². The van der Waals surface area contributed by atoms with Crippen LogP contribution in [0.5, 0.6) is 0 Å². The third-order valence-corrected chi connectivity index (χ3v) is 5.43. The Morgan fingerprint density at radius 1 is 1.39 bits per heavy atom. The first-order chi connectivity index (χ1) is 8.54. The Kier molecular flexibility index (Phi) is 4.55. The van der Waals surface area contributed by atoms with E-state index in [-0.39, 0.29) is 11.9 Å². The highest BCUT2D eigenvalue weighted by Crippen LogP contribution is 2.35. The molecule has 0 bridgehead atoms. The summed E-state index contributed by atoms with van der Waals surface area (Å²) in [5.41, 5.74) is 4.32. The summed E-state index contributed by atoms with van der Waals surface area (Å²) in [5, 5.41) is 0. The maximum atomic E-state index is 14.1. The lowest BCUT2D eigenvalue weighted by molar-refractivity contribution is 0.559. The van der Waals surface area contributed by atoms with E-state index in [0.717, 1.165) is 14.2 Å². The molecule has 0 saturated carbocycles. The van der Waals surface area contributed by atoms with E-state index < -0.39 is 0 Å². The minimum Gasteiger partial charge on any atom is -0.271 e. The average Bonchev–Trinajstić information content (AvgIpc) is 2.66. The Hall–Kier alpha value is -0.270. The second-order valence-electron chi connectivity index (χ2n) is 3.85. The van der Waals surface area contributed by atoms with Crippen LogP contribution in [0.2, 0.25) is 0 Å². The van der Waals surface area contributed by atoms with E-state index >= 15 is 0 Å². The Morgan fingerprint density at radius 3 is 2.67 bits per heavy atom. The van der Waals surface area contributed by atoms with Gasteiger partial charge in [0.1, 0.15) is 5.82 Å². The van der Waals surface area contributed by atoms with Crippen LogP contribution in [0.25, 0.3) is 0 Å². The number of nitrogens with two attached hydrogens (primary N) is 1. The minimum absolute atomic E-state index is 0.289. The molecule has 0 amide bonds. The lowest BCUT2D eigenvalue weighted by atomic mass is 10.1. The van der Waals surface area contributed by atoms with Crippen LogP contribution >= 0.6 is 43.2 Å². The topological polar surface area (TPSA) is 38.0 Å². The maximum Gasteiger partial charge on any atom is 0.142 e. The molecule has 1 unspecified atom stereocenters. The predicted octanol–water partition coefficient (Wildman–Crippen LogP) is 4.27. The molecule has 6 heteroatoms. The predicted molar refractivity (Wildman–Crippen MR) is 80.0 cm³/mol. The minimum atomic E-state index is -0.350. The van der Waals surface area contributed by atoms with Crippen molar-refractivity contribution in [2.45, 2.75) is 13.0 Å². The van der Waals surface area contributed by atoms with E-state index in [9.17, 15) is 4.39 Å². The molecule has 2 nitrogen and oxygen atoms in total. The number of nitrogens with one attached hydrogen (secondary N) is 1. The quantitative estimate of drug-likeness (QED) is 0.603. The lowest BCUT2D eigenvalue weighted by Crippen LogP contribution is -2.29. The SMILES string of the molecule is Cc1cc(C(NN)c2cccc(Br)c2F)sc1Br. The van der Waals surface area contributed by atoms with Gasteiger partial charge in [0, 0.05) is 10.4 Å². The summed E-state index contributed by atoms with van der Waals surface area (Å²) in [6.07, 6.45) is 0. The fraction of sp³-hybridized carbons (Fsp3) is 0.167. The molecule has 3 N–H and O–H groups in total. The van der Waals surface area contributed by atoms with E-state index in [1.54, 1.807) is 29.5 Å². The van der Waals surface area contributed by atoms with Crippen LogP contribution < -0.4 is 11.3 Å². The Morgan fingerprint density at radius 2 is 2.11 bits per heavy atom. The summed E-state index contributed by atoms with van der Waals surface area (Å²) in [7, 11) is 0. The second-order valence-corrected chi connectivity index (χ2v) is 7.10. The zero-order chi connectivity index (χ0) is 13.3. The molecule has 2 rings (SSSR count). The summed E-state index contributed by atoms with van der Waals surface area (Å²) in [5.74, 6) is 5.29. The van der Waals surface area contributed by atoms with E-state index in [0.29, 0.717) is 10.0 Å². The van der Waals surface area contributed by atoms with Gasteiger partial charge in [0.25, 0.3) is 0 Å². The molecule has 0 aliphatic rings. The molecule has 2 aromatic rings. The molecular formula is C12H11Br2FN2S. The van der Waals surface area contributed by atoms with Crippen molar-refractivity contribution in [3.63, 3.8) is 0 Å². The Balaban J connectivity index is 2.48. The van der Waals surface area contributed by atoms with Crippen LogP contribution in [0.3, 0.4) is 0 Å². The number of rotatable bonds is 3. The molecule has 1 aromatic carbocycles. The molecule has 0 aliphatic heterocycles. The van der Waals surface area contributed by atoms with Crippen LogP contribution in [0, 0.1) is 12.7 Å². The molecule has 0 radical (unpaired) electrons. The van der Waals surface area contributed by atoms with E-state index in [1.165, 1.54) is 0 Å². The summed E-state index contributed by atoms with van der Waals surface area (Å²) in [4.78, 5) is 0.971. The van der Waals surface area contributed by atoms with Crippen molar-refractivity contribution in [1.82, 2.24) is 5.43 Å². The molecule has 1 aromatic heterocycles. The zero-order valence-corrected chi connectivity index (χ0v) is 13.5. The van der Waals surface area contributed by atoms with Crippen LogP contribution in [0.15, 0.2) is 32.5 Å². The van der Waals surface area contributed by atoms with Crippen molar-refractivity contribution >= 4 is 43.2 Å². The summed E-state index contributed by atoms with van der Waals surface area (Å²) < 4.78 is 15.6. The molecule has 0 spiro atoms. The van der Waals surface area contributed by atoms with Crippen molar-refractivity contribution in [2.75, 3.05) is 0 Å². The maximum absolute atomic E-state index is 14.1. The van der Waals surface area contributed by atoms with Crippen LogP contribution in [-0.4, -0.2) is 0 Å². The summed E-state index contributed by atoms with van der Waals surface area (Å²) in [6, 6.07) is 6.84. The van der Waals surface area contributed by atoms with Crippen LogP contribution in [0.1, 0.15) is 22.0 Å². The largest absolute Gasteiger partial charge is 0.271 e. The van der Waals surface area contributed by atoms with Gasteiger partial charge in [-0.1, -0.05) is 12.1 Å². The third-order valence-electron chi connectivity index (χ3n) is 2.62. The molecule has 0 saturated heterocycles. The molecule has 96 valence electrons. The highest BCUT2D eigenvalue weighted by Gasteiger charge is 2.20. The average molecular weight is 394 g/mol. The number of thiophene rings is 1. The van der Waals surface area contributed by atoms with Gasteiger partial charge in [-0.25, -0.2) is 9.82 Å². The van der Waals surface area contributed by atoms with Crippen molar-refractivity contribution in [2.24, 2.45) is 5.84 Å². The second kappa shape index (κ2) is 5.79. The van der Waals surface area contributed by atoms with Gasteiger partial charge < -0.3 is 0 Å². The Labute approximate surface area is 126 Å². The third kappa shape index (κ3) is 2.67. The first-order valence-corrected chi connectivity index (χ1v) is 7.60. The molecule has 1 heterocycles. The van der Waals surface area contributed by atoms with Gasteiger partial charge in [-0.05, 0) is 56.5 Å². The number of hydrogen-bond donors (Lipinski definition) is 2. The lowest BCUT2D eigenvalue weighted by Gasteiger charge is -2.16. The highest BCUT2D eigenvalue weighted by molar-refractivity contribution is 9.11. The van der Waals surface area contributed by atoms with Gasteiger partial charge in [-0.15, -0.1) is 11.3 Å². The molecular weight excluding hydrogens is 383 g/mol.